The van der Waals surface area contributed by atoms with Crippen molar-refractivity contribution in [1.29, 1.82) is 0 Å². The zero-order valence-electron chi connectivity index (χ0n) is 12.6. The molecule has 0 aromatic heterocycles. The van der Waals surface area contributed by atoms with E-state index in [-0.39, 0.29) is 6.10 Å². The summed E-state index contributed by atoms with van der Waals surface area (Å²) >= 11 is 3.67. The van der Waals surface area contributed by atoms with E-state index in [9.17, 15) is 5.11 Å². The Kier molecular flexibility index (Phi) is 5.47. The Bertz CT molecular complexity index is 450. The number of piperidine rings is 1. The molecule has 0 amide bonds. The van der Waals surface area contributed by atoms with Gasteiger partial charge in [-0.25, -0.2) is 0 Å². The van der Waals surface area contributed by atoms with Crippen molar-refractivity contribution in [2.24, 2.45) is 5.92 Å². The third kappa shape index (κ3) is 3.96. The highest BCUT2D eigenvalue weighted by atomic mass is 79.9. The molecule has 0 spiro atoms. The summed E-state index contributed by atoms with van der Waals surface area (Å²) in [7, 11) is 0. The molecule has 1 heterocycles. The lowest BCUT2D eigenvalue weighted by Gasteiger charge is -2.36. The molecule has 0 aliphatic carbocycles. The van der Waals surface area contributed by atoms with Crippen LogP contribution in [0.3, 0.4) is 0 Å². The van der Waals surface area contributed by atoms with Gasteiger partial charge in [0.25, 0.3) is 0 Å². The average Bonchev–Trinajstić information content (AvgIpc) is 2.40. The van der Waals surface area contributed by atoms with Gasteiger partial charge < -0.3 is 15.3 Å². The fourth-order valence-electron chi connectivity index (χ4n) is 2.51. The van der Waals surface area contributed by atoms with Crippen LogP contribution in [0.2, 0.25) is 0 Å². The topological polar surface area (TPSA) is 35.5 Å². The minimum atomic E-state index is -0.224. The molecular formula is C16H25BrN2O. The van der Waals surface area contributed by atoms with Crippen molar-refractivity contribution >= 4 is 21.6 Å². The monoisotopic (exact) mass is 340 g/mol. The number of benzene rings is 1. The van der Waals surface area contributed by atoms with E-state index in [1.54, 1.807) is 0 Å². The minimum Gasteiger partial charge on any atom is -0.391 e. The lowest BCUT2D eigenvalue weighted by molar-refractivity contribution is 0.103. The number of nitrogens with zero attached hydrogens (tertiary/aromatic N) is 1. The van der Waals surface area contributed by atoms with Gasteiger partial charge >= 0.3 is 0 Å². The van der Waals surface area contributed by atoms with Gasteiger partial charge in [-0.3, -0.25) is 0 Å². The van der Waals surface area contributed by atoms with Gasteiger partial charge in [-0.15, -0.1) is 0 Å². The third-order valence-electron chi connectivity index (χ3n) is 3.99. The Hall–Kier alpha value is -0.580. The van der Waals surface area contributed by atoms with E-state index in [4.69, 9.17) is 0 Å². The molecule has 1 fully saturated rings. The number of hydrogen-bond acceptors (Lipinski definition) is 3. The normalized spacial score (nSPS) is 23.4. The highest BCUT2D eigenvalue weighted by molar-refractivity contribution is 9.10. The van der Waals surface area contributed by atoms with Crippen LogP contribution in [0, 0.1) is 5.92 Å². The molecule has 1 aliphatic heterocycles. The molecule has 2 rings (SSSR count). The number of halogens is 1. The summed E-state index contributed by atoms with van der Waals surface area (Å²) in [4.78, 5) is 2.27. The maximum absolute atomic E-state index is 10.0. The maximum atomic E-state index is 10.0. The van der Waals surface area contributed by atoms with Crippen LogP contribution in [0.5, 0.6) is 0 Å². The molecule has 1 aromatic carbocycles. The zero-order valence-corrected chi connectivity index (χ0v) is 14.2. The molecule has 112 valence electrons. The van der Waals surface area contributed by atoms with E-state index in [0.717, 1.165) is 30.5 Å². The fourth-order valence-corrected chi connectivity index (χ4v) is 3.18. The summed E-state index contributed by atoms with van der Waals surface area (Å²) in [5, 5.41) is 13.5. The first-order valence-electron chi connectivity index (χ1n) is 7.42. The standard InChI is InChI=1S/C16H25BrN2O/c1-11(2)18-9-13-4-5-15(14(17)8-13)19-7-6-12(3)16(20)10-19/h4-5,8,11-12,16,18,20H,6-7,9-10H2,1-3H3. The van der Waals surface area contributed by atoms with Crippen molar-refractivity contribution in [2.45, 2.75) is 45.9 Å². The molecule has 2 atom stereocenters. The molecule has 1 aliphatic rings. The molecule has 0 saturated carbocycles. The van der Waals surface area contributed by atoms with Gasteiger partial charge in [0.2, 0.25) is 0 Å². The van der Waals surface area contributed by atoms with Gasteiger partial charge in [0.05, 0.1) is 11.8 Å². The summed E-state index contributed by atoms with van der Waals surface area (Å²) in [6.07, 6.45) is 0.822. The molecule has 2 unspecified atom stereocenters. The summed E-state index contributed by atoms with van der Waals surface area (Å²) in [6, 6.07) is 6.99. The predicted octanol–water partition coefficient (Wildman–Crippen LogP) is 3.15. The third-order valence-corrected chi connectivity index (χ3v) is 4.62. The summed E-state index contributed by atoms with van der Waals surface area (Å²) in [5.74, 6) is 0.402. The number of aliphatic hydroxyl groups excluding tert-OH is 1. The smallest absolute Gasteiger partial charge is 0.0741 e. The molecule has 0 bridgehead atoms. The van der Waals surface area contributed by atoms with Gasteiger partial charge in [0, 0.05) is 30.1 Å². The van der Waals surface area contributed by atoms with Crippen LogP contribution in [0.1, 0.15) is 32.8 Å². The highest BCUT2D eigenvalue weighted by Crippen LogP contribution is 2.30. The van der Waals surface area contributed by atoms with E-state index < -0.39 is 0 Å². The molecule has 3 nitrogen and oxygen atoms in total. The van der Waals surface area contributed by atoms with Crippen LogP contribution < -0.4 is 10.2 Å². The Morgan fingerprint density at radius 3 is 2.80 bits per heavy atom. The Morgan fingerprint density at radius 1 is 1.45 bits per heavy atom. The van der Waals surface area contributed by atoms with Gasteiger partial charge in [0.1, 0.15) is 0 Å². The van der Waals surface area contributed by atoms with E-state index in [0.29, 0.717) is 12.0 Å². The summed E-state index contributed by atoms with van der Waals surface area (Å²) in [5.41, 5.74) is 2.46. The lowest BCUT2D eigenvalue weighted by atomic mass is 9.95. The van der Waals surface area contributed by atoms with Crippen molar-refractivity contribution < 1.29 is 5.11 Å². The van der Waals surface area contributed by atoms with Crippen molar-refractivity contribution in [3.8, 4) is 0 Å². The largest absolute Gasteiger partial charge is 0.391 e. The second-order valence-corrected chi connectivity index (χ2v) is 6.96. The van der Waals surface area contributed by atoms with E-state index in [2.05, 4.69) is 65.1 Å². The quantitative estimate of drug-likeness (QED) is 0.883. The first kappa shape index (κ1) is 15.8. The molecule has 1 saturated heterocycles. The Morgan fingerprint density at radius 2 is 2.20 bits per heavy atom. The predicted molar refractivity (Wildman–Crippen MR) is 88.1 cm³/mol. The first-order chi connectivity index (χ1) is 9.47. The maximum Gasteiger partial charge on any atom is 0.0741 e. The molecular weight excluding hydrogens is 316 g/mol. The number of nitrogens with one attached hydrogen (secondary N) is 1. The Labute approximate surface area is 130 Å². The second-order valence-electron chi connectivity index (χ2n) is 6.10. The highest BCUT2D eigenvalue weighted by Gasteiger charge is 2.25. The summed E-state index contributed by atoms with van der Waals surface area (Å²) < 4.78 is 1.11. The van der Waals surface area contributed by atoms with Crippen molar-refractivity contribution in [1.82, 2.24) is 5.32 Å². The van der Waals surface area contributed by atoms with E-state index >= 15 is 0 Å². The number of rotatable bonds is 4. The first-order valence-corrected chi connectivity index (χ1v) is 8.21. The number of anilines is 1. The molecule has 4 heteroatoms. The van der Waals surface area contributed by atoms with Gasteiger partial charge in [-0.05, 0) is 46.0 Å². The fraction of sp³-hybridized carbons (Fsp3) is 0.625. The lowest BCUT2D eigenvalue weighted by Crippen LogP contribution is -2.43. The van der Waals surface area contributed by atoms with Crippen LogP contribution in [-0.2, 0) is 6.54 Å². The van der Waals surface area contributed by atoms with E-state index in [1.807, 2.05) is 0 Å². The van der Waals surface area contributed by atoms with Crippen LogP contribution >= 0.6 is 15.9 Å². The van der Waals surface area contributed by atoms with Crippen LogP contribution in [0.25, 0.3) is 0 Å². The SMILES string of the molecule is CC(C)NCc1ccc(N2CCC(C)C(O)C2)c(Br)c1. The molecule has 1 aromatic rings. The average molecular weight is 341 g/mol. The van der Waals surface area contributed by atoms with Crippen molar-refractivity contribution in [3.63, 3.8) is 0 Å². The van der Waals surface area contributed by atoms with Crippen LogP contribution in [-0.4, -0.2) is 30.3 Å². The number of hydrogen-bond donors (Lipinski definition) is 2. The van der Waals surface area contributed by atoms with Gasteiger partial charge in [-0.1, -0.05) is 26.8 Å². The number of β-amino-alcohol motifs (C(OH)–C–C–N with tert-alkyl or cyclic N) is 1. The number of aliphatic hydroxyl groups is 1. The van der Waals surface area contributed by atoms with Gasteiger partial charge in [-0.2, -0.15) is 0 Å². The van der Waals surface area contributed by atoms with Crippen LogP contribution in [0.15, 0.2) is 22.7 Å². The minimum absolute atomic E-state index is 0.224. The van der Waals surface area contributed by atoms with E-state index in [1.165, 1.54) is 11.3 Å². The van der Waals surface area contributed by atoms with Crippen LogP contribution in [0.4, 0.5) is 5.69 Å². The Balaban J connectivity index is 2.06. The van der Waals surface area contributed by atoms with Gasteiger partial charge in [0.15, 0.2) is 0 Å². The zero-order chi connectivity index (χ0) is 14.7. The van der Waals surface area contributed by atoms with Crippen molar-refractivity contribution in [3.05, 3.63) is 28.2 Å². The molecule has 2 N–H and O–H groups in total. The second kappa shape index (κ2) is 6.92. The van der Waals surface area contributed by atoms with Crippen molar-refractivity contribution in [2.75, 3.05) is 18.0 Å². The summed E-state index contributed by atoms with van der Waals surface area (Å²) in [6.45, 7) is 9.05. The molecule has 0 radical (unpaired) electrons. The molecule has 20 heavy (non-hydrogen) atoms.